The van der Waals surface area contributed by atoms with Crippen LogP contribution in [0.5, 0.6) is 11.5 Å². The molecular formula is C20H27NO4S. The van der Waals surface area contributed by atoms with Crippen LogP contribution in [-0.2, 0) is 15.8 Å². The topological polar surface area (TPSA) is 64.6 Å². The molecule has 1 N–H and O–H groups in total. The van der Waals surface area contributed by atoms with Crippen molar-refractivity contribution < 1.29 is 17.9 Å². The van der Waals surface area contributed by atoms with Gasteiger partial charge in [-0.05, 0) is 56.5 Å². The number of ether oxygens (including phenoxy) is 2. The first kappa shape index (κ1) is 20.3. The predicted octanol–water partition coefficient (Wildman–Crippen LogP) is 3.97. The third kappa shape index (κ3) is 5.47. The van der Waals surface area contributed by atoms with Crippen LogP contribution >= 0.6 is 0 Å². The first-order chi connectivity index (χ1) is 12.4. The van der Waals surface area contributed by atoms with E-state index in [0.29, 0.717) is 24.7 Å². The molecule has 0 saturated carbocycles. The zero-order chi connectivity index (χ0) is 19.2. The fourth-order valence-electron chi connectivity index (χ4n) is 2.69. The van der Waals surface area contributed by atoms with E-state index in [0.717, 1.165) is 16.7 Å². The molecule has 5 nitrogen and oxygen atoms in total. The van der Waals surface area contributed by atoms with E-state index in [2.05, 4.69) is 4.72 Å². The van der Waals surface area contributed by atoms with Crippen molar-refractivity contribution in [2.24, 2.45) is 0 Å². The molecule has 0 fully saturated rings. The maximum atomic E-state index is 12.5. The molecule has 0 spiro atoms. The van der Waals surface area contributed by atoms with E-state index in [1.165, 1.54) is 0 Å². The fourth-order valence-corrected chi connectivity index (χ4v) is 4.18. The zero-order valence-corrected chi connectivity index (χ0v) is 16.6. The highest BCUT2D eigenvalue weighted by Gasteiger charge is 2.19. The Hall–Kier alpha value is -2.05. The number of aryl methyl sites for hydroxylation is 1. The van der Waals surface area contributed by atoms with Crippen molar-refractivity contribution in [1.82, 2.24) is 4.72 Å². The van der Waals surface area contributed by atoms with Gasteiger partial charge in [-0.1, -0.05) is 30.3 Å². The number of rotatable bonds is 9. The van der Waals surface area contributed by atoms with Gasteiger partial charge < -0.3 is 9.47 Å². The van der Waals surface area contributed by atoms with Gasteiger partial charge in [-0.2, -0.15) is 0 Å². The van der Waals surface area contributed by atoms with Gasteiger partial charge in [0.15, 0.2) is 11.5 Å². The lowest BCUT2D eigenvalue weighted by Crippen LogP contribution is -2.28. The summed E-state index contributed by atoms with van der Waals surface area (Å²) >= 11 is 0. The van der Waals surface area contributed by atoms with Crippen LogP contribution in [0.1, 0.15) is 43.5 Å². The Bertz CT molecular complexity index is 833. The van der Waals surface area contributed by atoms with Crippen molar-refractivity contribution in [3.8, 4) is 11.5 Å². The second-order valence-electron chi connectivity index (χ2n) is 6.10. The molecule has 0 aromatic heterocycles. The average molecular weight is 378 g/mol. The van der Waals surface area contributed by atoms with Gasteiger partial charge in [0.25, 0.3) is 0 Å². The smallest absolute Gasteiger partial charge is 0.216 e. The van der Waals surface area contributed by atoms with Crippen LogP contribution in [0.25, 0.3) is 0 Å². The first-order valence-electron chi connectivity index (χ1n) is 8.80. The lowest BCUT2D eigenvalue weighted by molar-refractivity contribution is 0.287. The third-order valence-electron chi connectivity index (χ3n) is 4.03. The highest BCUT2D eigenvalue weighted by atomic mass is 32.2. The van der Waals surface area contributed by atoms with Gasteiger partial charge in [-0.3, -0.25) is 0 Å². The Kier molecular flexibility index (Phi) is 7.06. The van der Waals surface area contributed by atoms with Crippen LogP contribution in [0, 0.1) is 6.92 Å². The summed E-state index contributed by atoms with van der Waals surface area (Å²) in [6.45, 7) is 8.59. The minimum Gasteiger partial charge on any atom is -0.490 e. The van der Waals surface area contributed by atoms with Gasteiger partial charge >= 0.3 is 0 Å². The Morgan fingerprint density at radius 1 is 1.00 bits per heavy atom. The number of sulfonamides is 1. The molecule has 0 amide bonds. The van der Waals surface area contributed by atoms with E-state index in [4.69, 9.17) is 9.47 Å². The normalized spacial score (nSPS) is 12.6. The van der Waals surface area contributed by atoms with Gasteiger partial charge in [0.1, 0.15) is 0 Å². The van der Waals surface area contributed by atoms with Crippen LogP contribution in [0.4, 0.5) is 0 Å². The van der Waals surface area contributed by atoms with Crippen LogP contribution < -0.4 is 14.2 Å². The van der Waals surface area contributed by atoms with E-state index in [1.54, 1.807) is 0 Å². The van der Waals surface area contributed by atoms with Crippen LogP contribution in [0.15, 0.2) is 42.5 Å². The molecule has 2 rings (SSSR count). The minimum absolute atomic E-state index is 0.0423. The largest absolute Gasteiger partial charge is 0.490 e. The zero-order valence-electron chi connectivity index (χ0n) is 15.8. The second kappa shape index (κ2) is 9.05. The minimum atomic E-state index is -3.47. The highest BCUT2D eigenvalue weighted by molar-refractivity contribution is 7.88. The monoisotopic (exact) mass is 377 g/mol. The number of hydrogen-bond acceptors (Lipinski definition) is 4. The molecule has 2 aromatic rings. The van der Waals surface area contributed by atoms with Gasteiger partial charge in [0.05, 0.1) is 19.0 Å². The summed E-state index contributed by atoms with van der Waals surface area (Å²) in [5, 5.41) is 0. The quantitative estimate of drug-likeness (QED) is 0.718. The third-order valence-corrected chi connectivity index (χ3v) is 5.43. The molecule has 0 bridgehead atoms. The maximum Gasteiger partial charge on any atom is 0.216 e. The van der Waals surface area contributed by atoms with Gasteiger partial charge in [-0.15, -0.1) is 0 Å². The molecule has 0 saturated heterocycles. The molecular weight excluding hydrogens is 350 g/mol. The molecule has 6 heteroatoms. The summed E-state index contributed by atoms with van der Waals surface area (Å²) in [5.41, 5.74) is 2.59. The first-order valence-corrected chi connectivity index (χ1v) is 10.5. The molecule has 142 valence electrons. The Balaban J connectivity index is 2.16. The Morgan fingerprint density at radius 2 is 1.65 bits per heavy atom. The van der Waals surface area contributed by atoms with Crippen molar-refractivity contribution in [3.63, 3.8) is 0 Å². The molecule has 0 aliphatic rings. The number of benzene rings is 2. The van der Waals surface area contributed by atoms with Crippen LogP contribution in [-0.4, -0.2) is 21.6 Å². The molecule has 1 atom stereocenters. The van der Waals surface area contributed by atoms with Crippen LogP contribution in [0.3, 0.4) is 0 Å². The molecule has 0 unspecified atom stereocenters. The van der Waals surface area contributed by atoms with Crippen molar-refractivity contribution in [1.29, 1.82) is 0 Å². The lowest BCUT2D eigenvalue weighted by Gasteiger charge is -2.18. The van der Waals surface area contributed by atoms with Gasteiger partial charge in [-0.25, -0.2) is 13.1 Å². The average Bonchev–Trinajstić information content (AvgIpc) is 2.58. The Morgan fingerprint density at radius 3 is 2.31 bits per heavy atom. The summed E-state index contributed by atoms with van der Waals surface area (Å²) in [6.07, 6.45) is 0. The van der Waals surface area contributed by atoms with E-state index >= 15 is 0 Å². The van der Waals surface area contributed by atoms with E-state index in [9.17, 15) is 8.42 Å². The van der Waals surface area contributed by atoms with Crippen molar-refractivity contribution >= 4 is 10.0 Å². The molecule has 2 aromatic carbocycles. The van der Waals surface area contributed by atoms with Gasteiger partial charge in [0, 0.05) is 6.04 Å². The fraction of sp³-hybridized carbons (Fsp3) is 0.400. The summed E-state index contributed by atoms with van der Waals surface area (Å²) < 4.78 is 39.0. The SMILES string of the molecule is CCOc1ccc([C@@H](C)NS(=O)(=O)Cc2ccccc2C)cc1OCC. The van der Waals surface area contributed by atoms with Crippen molar-refractivity contribution in [2.75, 3.05) is 13.2 Å². The van der Waals surface area contributed by atoms with Gasteiger partial charge in [0.2, 0.25) is 10.0 Å². The summed E-state index contributed by atoms with van der Waals surface area (Å²) in [7, 11) is -3.47. The maximum absolute atomic E-state index is 12.5. The molecule has 0 radical (unpaired) electrons. The second-order valence-corrected chi connectivity index (χ2v) is 7.85. The van der Waals surface area contributed by atoms with E-state index in [1.807, 2.05) is 70.2 Å². The molecule has 0 heterocycles. The summed E-state index contributed by atoms with van der Waals surface area (Å²) in [6, 6.07) is 12.6. The van der Waals surface area contributed by atoms with Crippen molar-refractivity contribution in [3.05, 3.63) is 59.2 Å². The van der Waals surface area contributed by atoms with Crippen molar-refractivity contribution in [2.45, 2.75) is 39.5 Å². The predicted molar refractivity (Wildman–Crippen MR) is 104 cm³/mol. The summed E-state index contributed by atoms with van der Waals surface area (Å²) in [4.78, 5) is 0. The highest BCUT2D eigenvalue weighted by Crippen LogP contribution is 2.31. The molecule has 0 aliphatic carbocycles. The number of nitrogens with one attached hydrogen (secondary N) is 1. The lowest BCUT2D eigenvalue weighted by atomic mass is 10.1. The standard InChI is InChI=1S/C20H27NO4S/c1-5-24-19-12-11-17(13-20(19)25-6-2)16(4)21-26(22,23)14-18-10-8-7-9-15(18)3/h7-13,16,21H,5-6,14H2,1-4H3/t16-/m1/s1. The Labute approximate surface area is 156 Å². The van der Waals surface area contributed by atoms with E-state index < -0.39 is 10.0 Å². The van der Waals surface area contributed by atoms with E-state index in [-0.39, 0.29) is 11.8 Å². The molecule has 26 heavy (non-hydrogen) atoms. The molecule has 0 aliphatic heterocycles. The summed E-state index contributed by atoms with van der Waals surface area (Å²) in [5.74, 6) is 1.24. The van der Waals surface area contributed by atoms with Crippen LogP contribution in [0.2, 0.25) is 0 Å². The number of hydrogen-bond donors (Lipinski definition) is 1.